The lowest BCUT2D eigenvalue weighted by atomic mass is 10.1. The molecular weight excluding hydrogens is 256 g/mol. The minimum Gasteiger partial charge on any atom is -0.350 e. The molecule has 1 heterocycles. The minimum absolute atomic E-state index is 0.442. The standard InChI is InChI=1S/C16H21ClN2/c1-3-6-16(18-2)14-9-10-19(12-14)11-13-7-4-5-8-15(13)17/h4-5,7-10,12,16,18H,3,6,11H2,1-2H3. The first kappa shape index (κ1) is 14.2. The Morgan fingerprint density at radius 2 is 2.05 bits per heavy atom. The maximum atomic E-state index is 6.19. The summed E-state index contributed by atoms with van der Waals surface area (Å²) in [6.45, 7) is 3.04. The van der Waals surface area contributed by atoms with Crippen LogP contribution < -0.4 is 5.32 Å². The van der Waals surface area contributed by atoms with Crippen molar-refractivity contribution >= 4 is 11.6 Å². The first-order valence-corrected chi connectivity index (χ1v) is 7.18. The van der Waals surface area contributed by atoms with E-state index in [9.17, 15) is 0 Å². The normalized spacial score (nSPS) is 12.6. The molecule has 1 aromatic heterocycles. The van der Waals surface area contributed by atoms with Gasteiger partial charge in [0.2, 0.25) is 0 Å². The molecule has 0 aliphatic heterocycles. The predicted octanol–water partition coefficient (Wildman–Crippen LogP) is 4.25. The fourth-order valence-corrected chi connectivity index (χ4v) is 2.55. The second-order valence-corrected chi connectivity index (χ2v) is 5.25. The van der Waals surface area contributed by atoms with E-state index in [1.54, 1.807) is 0 Å². The Morgan fingerprint density at radius 3 is 2.74 bits per heavy atom. The zero-order chi connectivity index (χ0) is 13.7. The van der Waals surface area contributed by atoms with Gasteiger partial charge >= 0.3 is 0 Å². The molecule has 2 nitrogen and oxygen atoms in total. The second-order valence-electron chi connectivity index (χ2n) is 4.84. The van der Waals surface area contributed by atoms with Crippen LogP contribution in [-0.2, 0) is 6.54 Å². The van der Waals surface area contributed by atoms with Crippen LogP contribution in [0.5, 0.6) is 0 Å². The molecule has 1 N–H and O–H groups in total. The summed E-state index contributed by atoms with van der Waals surface area (Å²) in [4.78, 5) is 0. The Bertz CT molecular complexity index is 519. The summed E-state index contributed by atoms with van der Waals surface area (Å²) in [5, 5.41) is 4.20. The van der Waals surface area contributed by atoms with Crippen molar-refractivity contribution in [3.8, 4) is 0 Å². The lowest BCUT2D eigenvalue weighted by molar-refractivity contribution is 0.540. The number of nitrogens with zero attached hydrogens (tertiary/aromatic N) is 1. The summed E-state index contributed by atoms with van der Waals surface area (Å²) in [6.07, 6.45) is 6.67. The van der Waals surface area contributed by atoms with Crippen LogP contribution in [0, 0.1) is 0 Å². The Labute approximate surface area is 120 Å². The molecule has 0 bridgehead atoms. The van der Waals surface area contributed by atoms with E-state index in [2.05, 4.69) is 41.3 Å². The molecule has 0 aliphatic carbocycles. The fraction of sp³-hybridized carbons (Fsp3) is 0.375. The lowest BCUT2D eigenvalue weighted by Crippen LogP contribution is -2.15. The van der Waals surface area contributed by atoms with Crippen molar-refractivity contribution in [2.75, 3.05) is 7.05 Å². The summed E-state index contributed by atoms with van der Waals surface area (Å²) in [7, 11) is 2.02. The quantitative estimate of drug-likeness (QED) is 0.835. The van der Waals surface area contributed by atoms with E-state index in [1.165, 1.54) is 12.0 Å². The van der Waals surface area contributed by atoms with Crippen molar-refractivity contribution in [2.45, 2.75) is 32.4 Å². The van der Waals surface area contributed by atoms with Crippen molar-refractivity contribution in [1.29, 1.82) is 0 Å². The predicted molar refractivity (Wildman–Crippen MR) is 81.7 cm³/mol. The Hall–Kier alpha value is -1.25. The minimum atomic E-state index is 0.442. The van der Waals surface area contributed by atoms with E-state index < -0.39 is 0 Å². The first-order valence-electron chi connectivity index (χ1n) is 6.81. The molecule has 0 amide bonds. The summed E-state index contributed by atoms with van der Waals surface area (Å²) in [5.41, 5.74) is 2.50. The SMILES string of the molecule is CCCC(NC)c1ccn(Cc2ccccc2Cl)c1. The molecule has 102 valence electrons. The molecule has 0 saturated heterocycles. The largest absolute Gasteiger partial charge is 0.350 e. The molecule has 1 aromatic carbocycles. The molecule has 0 spiro atoms. The molecule has 2 rings (SSSR count). The number of hydrogen-bond donors (Lipinski definition) is 1. The van der Waals surface area contributed by atoms with Gasteiger partial charge in [-0.1, -0.05) is 43.1 Å². The van der Waals surface area contributed by atoms with Crippen LogP contribution in [0.4, 0.5) is 0 Å². The third-order valence-corrected chi connectivity index (χ3v) is 3.78. The number of halogens is 1. The molecule has 0 fully saturated rings. The highest BCUT2D eigenvalue weighted by molar-refractivity contribution is 6.31. The first-order chi connectivity index (χ1) is 9.24. The molecule has 19 heavy (non-hydrogen) atoms. The molecule has 2 aromatic rings. The van der Waals surface area contributed by atoms with E-state index in [-0.39, 0.29) is 0 Å². The van der Waals surface area contributed by atoms with Gasteiger partial charge in [0.15, 0.2) is 0 Å². The van der Waals surface area contributed by atoms with Crippen molar-refractivity contribution in [1.82, 2.24) is 9.88 Å². The Morgan fingerprint density at radius 1 is 1.26 bits per heavy atom. The van der Waals surface area contributed by atoms with E-state index in [0.29, 0.717) is 6.04 Å². The third-order valence-electron chi connectivity index (χ3n) is 3.41. The summed E-state index contributed by atoms with van der Waals surface area (Å²) in [5.74, 6) is 0. The molecule has 1 atom stereocenters. The van der Waals surface area contributed by atoms with Gasteiger partial charge in [-0.05, 0) is 36.7 Å². The number of hydrogen-bond acceptors (Lipinski definition) is 1. The van der Waals surface area contributed by atoms with Crippen molar-refractivity contribution in [3.05, 3.63) is 58.9 Å². The highest BCUT2D eigenvalue weighted by Gasteiger charge is 2.09. The van der Waals surface area contributed by atoms with E-state index in [4.69, 9.17) is 11.6 Å². The monoisotopic (exact) mass is 276 g/mol. The zero-order valence-corrected chi connectivity index (χ0v) is 12.3. The number of nitrogens with one attached hydrogen (secondary N) is 1. The van der Waals surface area contributed by atoms with Gasteiger partial charge in [0.25, 0.3) is 0 Å². The zero-order valence-electron chi connectivity index (χ0n) is 11.6. The van der Waals surface area contributed by atoms with Crippen LogP contribution in [-0.4, -0.2) is 11.6 Å². The smallest absolute Gasteiger partial charge is 0.0485 e. The molecule has 1 unspecified atom stereocenters. The van der Waals surface area contributed by atoms with Gasteiger partial charge in [0.1, 0.15) is 0 Å². The summed E-state index contributed by atoms with van der Waals surface area (Å²) in [6, 6.07) is 10.6. The highest BCUT2D eigenvalue weighted by Crippen LogP contribution is 2.20. The van der Waals surface area contributed by atoms with E-state index in [0.717, 1.165) is 23.6 Å². The van der Waals surface area contributed by atoms with Gasteiger partial charge in [-0.3, -0.25) is 0 Å². The Balaban J connectivity index is 2.11. The average molecular weight is 277 g/mol. The van der Waals surface area contributed by atoms with Gasteiger partial charge in [-0.15, -0.1) is 0 Å². The van der Waals surface area contributed by atoms with E-state index >= 15 is 0 Å². The fourth-order valence-electron chi connectivity index (χ4n) is 2.35. The molecule has 0 aliphatic rings. The number of benzene rings is 1. The van der Waals surface area contributed by atoms with Crippen molar-refractivity contribution in [2.24, 2.45) is 0 Å². The van der Waals surface area contributed by atoms with Crippen molar-refractivity contribution < 1.29 is 0 Å². The van der Waals surface area contributed by atoms with Gasteiger partial charge in [-0.2, -0.15) is 0 Å². The lowest BCUT2D eigenvalue weighted by Gasteiger charge is -2.13. The molecular formula is C16H21ClN2. The van der Waals surface area contributed by atoms with E-state index in [1.807, 2.05) is 25.2 Å². The Kier molecular flexibility index (Phi) is 5.06. The maximum absolute atomic E-state index is 6.19. The van der Waals surface area contributed by atoms with Gasteiger partial charge in [0.05, 0.1) is 0 Å². The van der Waals surface area contributed by atoms with Crippen LogP contribution in [0.3, 0.4) is 0 Å². The van der Waals surface area contributed by atoms with Gasteiger partial charge in [0, 0.05) is 30.0 Å². The molecule has 3 heteroatoms. The topological polar surface area (TPSA) is 17.0 Å². The third kappa shape index (κ3) is 3.62. The van der Waals surface area contributed by atoms with Gasteiger partial charge < -0.3 is 9.88 Å². The molecule has 0 radical (unpaired) electrons. The van der Waals surface area contributed by atoms with Crippen molar-refractivity contribution in [3.63, 3.8) is 0 Å². The summed E-state index contributed by atoms with van der Waals surface area (Å²) < 4.78 is 2.19. The number of aromatic nitrogens is 1. The highest BCUT2D eigenvalue weighted by atomic mass is 35.5. The molecule has 0 saturated carbocycles. The van der Waals surface area contributed by atoms with Crippen LogP contribution in [0.2, 0.25) is 5.02 Å². The summed E-state index contributed by atoms with van der Waals surface area (Å²) >= 11 is 6.19. The van der Waals surface area contributed by atoms with Crippen LogP contribution in [0.15, 0.2) is 42.7 Å². The van der Waals surface area contributed by atoms with Crippen LogP contribution >= 0.6 is 11.6 Å². The van der Waals surface area contributed by atoms with Crippen LogP contribution in [0.25, 0.3) is 0 Å². The van der Waals surface area contributed by atoms with Gasteiger partial charge in [-0.25, -0.2) is 0 Å². The number of rotatable bonds is 6. The van der Waals surface area contributed by atoms with Crippen LogP contribution in [0.1, 0.15) is 36.9 Å². The average Bonchev–Trinajstić information content (AvgIpc) is 2.87. The maximum Gasteiger partial charge on any atom is 0.0485 e. The second kappa shape index (κ2) is 6.78.